The zero-order chi connectivity index (χ0) is 12.8. The minimum Gasteiger partial charge on any atom is -0.329 e. The van der Waals surface area contributed by atoms with Gasteiger partial charge in [-0.2, -0.15) is 0 Å². The van der Waals surface area contributed by atoms with Crippen molar-refractivity contribution in [3.05, 3.63) is 0 Å². The first-order chi connectivity index (χ1) is 7.36. The molecule has 0 saturated carbocycles. The smallest absolute Gasteiger partial charge is 0.0275 e. The maximum Gasteiger partial charge on any atom is 0.0275 e. The molecule has 0 fully saturated rings. The SMILES string of the molecule is CCCC(C)(CN)NCC(C(C)C)C(C)C. The lowest BCUT2D eigenvalue weighted by molar-refractivity contribution is 0.232. The van der Waals surface area contributed by atoms with Crippen molar-refractivity contribution in [2.24, 2.45) is 23.5 Å². The minimum absolute atomic E-state index is 0.122. The van der Waals surface area contributed by atoms with E-state index in [1.165, 1.54) is 6.42 Å². The van der Waals surface area contributed by atoms with Crippen LogP contribution in [-0.2, 0) is 0 Å². The van der Waals surface area contributed by atoms with E-state index in [4.69, 9.17) is 5.73 Å². The lowest BCUT2D eigenvalue weighted by atomic mass is 9.84. The fourth-order valence-corrected chi connectivity index (χ4v) is 2.42. The number of nitrogens with two attached hydrogens (primary N) is 1. The molecule has 0 aliphatic rings. The Morgan fingerprint density at radius 2 is 1.62 bits per heavy atom. The molecule has 0 aromatic carbocycles. The van der Waals surface area contributed by atoms with Crippen molar-refractivity contribution < 1.29 is 0 Å². The maximum atomic E-state index is 5.87. The molecule has 0 spiro atoms. The first kappa shape index (κ1) is 15.9. The summed E-state index contributed by atoms with van der Waals surface area (Å²) in [6.07, 6.45) is 2.35. The highest BCUT2D eigenvalue weighted by atomic mass is 15.0. The molecule has 0 aromatic rings. The highest BCUT2D eigenvalue weighted by molar-refractivity contribution is 4.85. The molecule has 0 aliphatic carbocycles. The Balaban J connectivity index is 4.26. The Morgan fingerprint density at radius 3 is 1.94 bits per heavy atom. The van der Waals surface area contributed by atoms with Crippen molar-refractivity contribution in [2.75, 3.05) is 13.1 Å². The molecule has 2 nitrogen and oxygen atoms in total. The molecule has 3 N–H and O–H groups in total. The molecular weight excluding hydrogens is 196 g/mol. The molecule has 0 aliphatic heterocycles. The van der Waals surface area contributed by atoms with Crippen LogP contribution in [0.2, 0.25) is 0 Å². The Labute approximate surface area is 102 Å². The second-order valence-corrected chi connectivity index (χ2v) is 6.05. The summed E-state index contributed by atoms with van der Waals surface area (Å²) in [5.41, 5.74) is 5.99. The van der Waals surface area contributed by atoms with Crippen LogP contribution in [0.3, 0.4) is 0 Å². The molecular formula is C14H32N2. The van der Waals surface area contributed by atoms with Crippen LogP contribution in [0.15, 0.2) is 0 Å². The third kappa shape index (κ3) is 5.31. The van der Waals surface area contributed by atoms with Crippen LogP contribution in [-0.4, -0.2) is 18.6 Å². The fourth-order valence-electron chi connectivity index (χ4n) is 2.42. The molecule has 0 amide bonds. The van der Waals surface area contributed by atoms with Crippen LogP contribution in [0.25, 0.3) is 0 Å². The van der Waals surface area contributed by atoms with Crippen LogP contribution in [0.1, 0.15) is 54.4 Å². The molecule has 0 saturated heterocycles. The molecule has 16 heavy (non-hydrogen) atoms. The minimum atomic E-state index is 0.122. The van der Waals surface area contributed by atoms with Gasteiger partial charge in [0, 0.05) is 12.1 Å². The van der Waals surface area contributed by atoms with Crippen LogP contribution in [0.5, 0.6) is 0 Å². The summed E-state index contributed by atoms with van der Waals surface area (Å²) >= 11 is 0. The summed E-state index contributed by atoms with van der Waals surface area (Å²) in [6, 6.07) is 0. The first-order valence-corrected chi connectivity index (χ1v) is 6.81. The van der Waals surface area contributed by atoms with Gasteiger partial charge in [-0.3, -0.25) is 0 Å². The summed E-state index contributed by atoms with van der Waals surface area (Å²) in [7, 11) is 0. The highest BCUT2D eigenvalue weighted by Gasteiger charge is 2.24. The summed E-state index contributed by atoms with van der Waals surface area (Å²) in [4.78, 5) is 0. The Hall–Kier alpha value is -0.0800. The molecule has 0 rings (SSSR count). The molecule has 2 heteroatoms. The van der Waals surface area contributed by atoms with Crippen LogP contribution >= 0.6 is 0 Å². The van der Waals surface area contributed by atoms with E-state index in [9.17, 15) is 0 Å². The maximum absolute atomic E-state index is 5.87. The summed E-state index contributed by atoms with van der Waals surface area (Å²) in [5, 5.41) is 3.68. The third-order valence-corrected chi connectivity index (χ3v) is 3.73. The van der Waals surface area contributed by atoms with Gasteiger partial charge in [0.2, 0.25) is 0 Å². The summed E-state index contributed by atoms with van der Waals surface area (Å²) in [6.45, 7) is 15.5. The zero-order valence-electron chi connectivity index (χ0n) is 12.1. The van der Waals surface area contributed by atoms with Crippen molar-refractivity contribution in [1.82, 2.24) is 5.32 Å². The Kier molecular flexibility index (Phi) is 7.25. The van der Waals surface area contributed by atoms with Gasteiger partial charge in [-0.25, -0.2) is 0 Å². The second-order valence-electron chi connectivity index (χ2n) is 6.05. The Bertz CT molecular complexity index is 170. The largest absolute Gasteiger partial charge is 0.329 e. The second kappa shape index (κ2) is 7.29. The van der Waals surface area contributed by atoms with Crippen LogP contribution in [0, 0.1) is 17.8 Å². The monoisotopic (exact) mass is 228 g/mol. The van der Waals surface area contributed by atoms with E-state index in [-0.39, 0.29) is 5.54 Å². The van der Waals surface area contributed by atoms with Gasteiger partial charge < -0.3 is 11.1 Å². The highest BCUT2D eigenvalue weighted by Crippen LogP contribution is 2.21. The van der Waals surface area contributed by atoms with Gasteiger partial charge in [0.05, 0.1) is 0 Å². The zero-order valence-corrected chi connectivity index (χ0v) is 12.1. The molecule has 0 radical (unpaired) electrons. The average Bonchev–Trinajstić information content (AvgIpc) is 2.17. The predicted molar refractivity (Wildman–Crippen MR) is 73.5 cm³/mol. The van der Waals surface area contributed by atoms with Crippen molar-refractivity contribution in [1.29, 1.82) is 0 Å². The number of hydrogen-bond acceptors (Lipinski definition) is 2. The van der Waals surface area contributed by atoms with E-state index in [1.807, 2.05) is 0 Å². The van der Waals surface area contributed by atoms with Crippen molar-refractivity contribution >= 4 is 0 Å². The Morgan fingerprint density at radius 1 is 1.12 bits per heavy atom. The normalized spacial score (nSPS) is 16.1. The average molecular weight is 228 g/mol. The summed E-state index contributed by atoms with van der Waals surface area (Å²) in [5.74, 6) is 2.20. The molecule has 1 atom stereocenters. The third-order valence-electron chi connectivity index (χ3n) is 3.73. The summed E-state index contributed by atoms with van der Waals surface area (Å²) < 4.78 is 0. The predicted octanol–water partition coefficient (Wildman–Crippen LogP) is 3.02. The molecule has 1 unspecified atom stereocenters. The van der Waals surface area contributed by atoms with Crippen molar-refractivity contribution in [3.63, 3.8) is 0 Å². The number of nitrogens with one attached hydrogen (secondary N) is 1. The first-order valence-electron chi connectivity index (χ1n) is 6.81. The van der Waals surface area contributed by atoms with Gasteiger partial charge >= 0.3 is 0 Å². The van der Waals surface area contributed by atoms with Gasteiger partial charge in [-0.15, -0.1) is 0 Å². The van der Waals surface area contributed by atoms with Gasteiger partial charge in [0.25, 0.3) is 0 Å². The quantitative estimate of drug-likeness (QED) is 0.670. The topological polar surface area (TPSA) is 38.0 Å². The lowest BCUT2D eigenvalue weighted by Gasteiger charge is -2.34. The molecule has 98 valence electrons. The lowest BCUT2D eigenvalue weighted by Crippen LogP contribution is -2.51. The fraction of sp³-hybridized carbons (Fsp3) is 1.00. The van der Waals surface area contributed by atoms with E-state index in [1.54, 1.807) is 0 Å². The number of hydrogen-bond donors (Lipinski definition) is 2. The van der Waals surface area contributed by atoms with E-state index >= 15 is 0 Å². The van der Waals surface area contributed by atoms with E-state index in [0.717, 1.165) is 37.3 Å². The molecule has 0 bridgehead atoms. The van der Waals surface area contributed by atoms with Crippen LogP contribution < -0.4 is 11.1 Å². The van der Waals surface area contributed by atoms with E-state index in [2.05, 4.69) is 46.9 Å². The van der Waals surface area contributed by atoms with Crippen molar-refractivity contribution in [3.8, 4) is 0 Å². The van der Waals surface area contributed by atoms with Gasteiger partial charge in [0.1, 0.15) is 0 Å². The van der Waals surface area contributed by atoms with Crippen molar-refractivity contribution in [2.45, 2.75) is 59.9 Å². The van der Waals surface area contributed by atoms with Gasteiger partial charge in [0.15, 0.2) is 0 Å². The number of rotatable bonds is 8. The molecule has 0 aromatic heterocycles. The van der Waals surface area contributed by atoms with E-state index in [0.29, 0.717) is 0 Å². The van der Waals surface area contributed by atoms with Gasteiger partial charge in [-0.1, -0.05) is 41.0 Å². The van der Waals surface area contributed by atoms with Gasteiger partial charge in [-0.05, 0) is 37.6 Å². The van der Waals surface area contributed by atoms with E-state index < -0.39 is 0 Å². The molecule has 0 heterocycles. The standard InChI is InChI=1S/C14H32N2/c1-7-8-14(6,10-15)16-9-13(11(2)3)12(4)5/h11-13,16H,7-10,15H2,1-6H3. The van der Waals surface area contributed by atoms with Crippen LogP contribution in [0.4, 0.5) is 0 Å².